The minimum absolute atomic E-state index is 0.00328. The van der Waals surface area contributed by atoms with Gasteiger partial charge in [-0.3, -0.25) is 0 Å². The van der Waals surface area contributed by atoms with Crippen molar-refractivity contribution in [1.29, 1.82) is 0 Å². The van der Waals surface area contributed by atoms with Crippen LogP contribution in [0.2, 0.25) is 0 Å². The smallest absolute Gasteiger partial charge is 0.315 e. The predicted octanol–water partition coefficient (Wildman–Crippen LogP) is 3.92. The van der Waals surface area contributed by atoms with Gasteiger partial charge in [0.2, 0.25) is 0 Å². The normalized spacial score (nSPS) is 24.0. The van der Waals surface area contributed by atoms with Crippen molar-refractivity contribution in [3.8, 4) is 5.75 Å². The van der Waals surface area contributed by atoms with Crippen molar-refractivity contribution in [2.24, 2.45) is 0 Å². The van der Waals surface area contributed by atoms with Crippen LogP contribution in [-0.2, 0) is 0 Å². The number of hydrogen-bond acceptors (Lipinski definition) is 2. The van der Waals surface area contributed by atoms with Crippen LogP contribution in [0.15, 0.2) is 24.3 Å². The second kappa shape index (κ2) is 6.19. The molecule has 22 heavy (non-hydrogen) atoms. The zero-order valence-corrected chi connectivity index (χ0v) is 13.5. The van der Waals surface area contributed by atoms with Gasteiger partial charge in [-0.15, -0.1) is 0 Å². The average Bonchev–Trinajstić information content (AvgIpc) is 2.47. The van der Waals surface area contributed by atoms with Gasteiger partial charge in [-0.25, -0.2) is 4.79 Å². The minimum atomic E-state index is -0.267. The largest absolute Gasteiger partial charge is 0.487 e. The summed E-state index contributed by atoms with van der Waals surface area (Å²) in [7, 11) is 0. The Morgan fingerprint density at radius 1 is 1.14 bits per heavy atom. The molecule has 0 aromatic heterocycles. The van der Waals surface area contributed by atoms with Gasteiger partial charge in [-0.05, 0) is 32.8 Å². The third kappa shape index (κ3) is 3.54. The van der Waals surface area contributed by atoms with Crippen molar-refractivity contribution < 1.29 is 9.53 Å². The summed E-state index contributed by atoms with van der Waals surface area (Å²) in [5.74, 6) is 0.877. The SMILES string of the molecule is CC1(C)C[C@H](NC(=O)NC2CCCCC2)c2ccccc2O1. The maximum absolute atomic E-state index is 12.3. The monoisotopic (exact) mass is 302 g/mol. The van der Waals surface area contributed by atoms with Crippen LogP contribution in [0.4, 0.5) is 4.79 Å². The molecule has 1 saturated carbocycles. The Bertz CT molecular complexity index is 536. The van der Waals surface area contributed by atoms with E-state index in [9.17, 15) is 4.79 Å². The van der Waals surface area contributed by atoms with Crippen molar-refractivity contribution in [2.45, 2.75) is 70.1 Å². The van der Waals surface area contributed by atoms with Crippen LogP contribution in [0.25, 0.3) is 0 Å². The summed E-state index contributed by atoms with van der Waals surface area (Å²) >= 11 is 0. The minimum Gasteiger partial charge on any atom is -0.487 e. The first-order valence-electron chi connectivity index (χ1n) is 8.38. The number of para-hydroxylation sites is 1. The molecule has 1 atom stereocenters. The molecule has 2 N–H and O–H groups in total. The van der Waals surface area contributed by atoms with Crippen LogP contribution >= 0.6 is 0 Å². The van der Waals surface area contributed by atoms with Crippen molar-refractivity contribution in [2.75, 3.05) is 0 Å². The molecule has 1 aliphatic carbocycles. The highest BCUT2D eigenvalue weighted by molar-refractivity contribution is 5.75. The Kier molecular flexibility index (Phi) is 4.27. The lowest BCUT2D eigenvalue weighted by Crippen LogP contribution is -2.47. The number of amides is 2. The van der Waals surface area contributed by atoms with E-state index in [1.165, 1.54) is 19.3 Å². The van der Waals surface area contributed by atoms with Gasteiger partial charge in [-0.1, -0.05) is 37.5 Å². The van der Waals surface area contributed by atoms with Crippen molar-refractivity contribution in [1.82, 2.24) is 10.6 Å². The van der Waals surface area contributed by atoms with E-state index in [4.69, 9.17) is 4.74 Å². The molecule has 0 radical (unpaired) electrons. The molecule has 0 spiro atoms. The van der Waals surface area contributed by atoms with E-state index in [1.54, 1.807) is 0 Å². The topological polar surface area (TPSA) is 50.4 Å². The van der Waals surface area contributed by atoms with Gasteiger partial charge in [-0.2, -0.15) is 0 Å². The molecule has 2 aliphatic rings. The van der Waals surface area contributed by atoms with Crippen LogP contribution < -0.4 is 15.4 Å². The summed E-state index contributed by atoms with van der Waals surface area (Å²) < 4.78 is 6.01. The Morgan fingerprint density at radius 2 is 1.86 bits per heavy atom. The van der Waals surface area contributed by atoms with Gasteiger partial charge in [0.1, 0.15) is 11.4 Å². The highest BCUT2D eigenvalue weighted by Crippen LogP contribution is 2.39. The van der Waals surface area contributed by atoms with Crippen molar-refractivity contribution in [3.63, 3.8) is 0 Å². The third-order valence-electron chi connectivity index (χ3n) is 4.62. The molecule has 0 bridgehead atoms. The third-order valence-corrected chi connectivity index (χ3v) is 4.62. The number of ether oxygens (including phenoxy) is 1. The number of urea groups is 1. The summed E-state index contributed by atoms with van der Waals surface area (Å²) in [5, 5.41) is 6.28. The molecule has 0 saturated heterocycles. The first kappa shape index (κ1) is 15.2. The number of nitrogens with one attached hydrogen (secondary N) is 2. The van der Waals surface area contributed by atoms with Gasteiger partial charge in [0.05, 0.1) is 6.04 Å². The first-order chi connectivity index (χ1) is 10.5. The fourth-order valence-corrected chi connectivity index (χ4v) is 3.56. The summed E-state index contributed by atoms with van der Waals surface area (Å²) in [6.07, 6.45) is 6.71. The van der Waals surface area contributed by atoms with Gasteiger partial charge < -0.3 is 15.4 Å². The van der Waals surface area contributed by atoms with Gasteiger partial charge in [0.25, 0.3) is 0 Å². The number of benzene rings is 1. The summed E-state index contributed by atoms with van der Waals surface area (Å²) in [5.41, 5.74) is 0.803. The van der Waals surface area contributed by atoms with E-state index in [2.05, 4.69) is 24.5 Å². The van der Waals surface area contributed by atoms with E-state index >= 15 is 0 Å². The molecule has 120 valence electrons. The number of carbonyl (C=O) groups excluding carboxylic acids is 1. The summed E-state index contributed by atoms with van der Waals surface area (Å²) in [4.78, 5) is 12.3. The van der Waals surface area contributed by atoms with E-state index in [1.807, 2.05) is 24.3 Å². The molecule has 1 aromatic carbocycles. The van der Waals surface area contributed by atoms with Crippen LogP contribution in [0.1, 0.15) is 64.0 Å². The van der Waals surface area contributed by atoms with Gasteiger partial charge in [0, 0.05) is 18.0 Å². The average molecular weight is 302 g/mol. The maximum atomic E-state index is 12.3. The van der Waals surface area contributed by atoms with Crippen molar-refractivity contribution >= 4 is 6.03 Å². The molecule has 1 heterocycles. The molecular weight excluding hydrogens is 276 g/mol. The molecule has 1 fully saturated rings. The lowest BCUT2D eigenvalue weighted by molar-refractivity contribution is 0.0677. The zero-order valence-electron chi connectivity index (χ0n) is 13.5. The standard InChI is InChI=1S/C18H26N2O2/c1-18(2)12-15(14-10-6-7-11-16(14)22-18)20-17(21)19-13-8-4-3-5-9-13/h6-7,10-11,13,15H,3-5,8-9,12H2,1-2H3,(H2,19,20,21)/t15-/m0/s1. The van der Waals surface area contributed by atoms with Crippen molar-refractivity contribution in [3.05, 3.63) is 29.8 Å². The van der Waals surface area contributed by atoms with E-state index < -0.39 is 0 Å². The quantitative estimate of drug-likeness (QED) is 0.870. The Hall–Kier alpha value is -1.71. The molecule has 1 aromatic rings. The zero-order chi connectivity index (χ0) is 15.6. The molecule has 3 rings (SSSR count). The molecular formula is C18H26N2O2. The maximum Gasteiger partial charge on any atom is 0.315 e. The Labute approximate surface area is 132 Å². The van der Waals surface area contributed by atoms with Crippen LogP contribution in [0, 0.1) is 0 Å². The van der Waals surface area contributed by atoms with Gasteiger partial charge >= 0.3 is 6.03 Å². The van der Waals surface area contributed by atoms with Crippen LogP contribution in [0.5, 0.6) is 5.75 Å². The summed E-state index contributed by atoms with van der Waals surface area (Å²) in [6, 6.07) is 8.26. The fourth-order valence-electron chi connectivity index (χ4n) is 3.56. The molecule has 2 amide bonds. The van der Waals surface area contributed by atoms with E-state index in [0.29, 0.717) is 6.04 Å². The predicted molar refractivity (Wildman–Crippen MR) is 87.0 cm³/mol. The fraction of sp³-hybridized carbons (Fsp3) is 0.611. The van der Waals surface area contributed by atoms with Crippen LogP contribution in [-0.4, -0.2) is 17.7 Å². The Morgan fingerprint density at radius 3 is 2.64 bits per heavy atom. The number of rotatable bonds is 2. The lowest BCUT2D eigenvalue weighted by Gasteiger charge is -2.38. The molecule has 4 heteroatoms. The number of fused-ring (bicyclic) bond motifs is 1. The lowest BCUT2D eigenvalue weighted by atomic mass is 9.90. The highest BCUT2D eigenvalue weighted by Gasteiger charge is 2.34. The first-order valence-corrected chi connectivity index (χ1v) is 8.38. The molecule has 0 unspecified atom stereocenters. The Balaban J connectivity index is 1.67. The van der Waals surface area contributed by atoms with Crippen LogP contribution in [0.3, 0.4) is 0 Å². The second-order valence-electron chi connectivity index (χ2n) is 7.11. The number of hydrogen-bond donors (Lipinski definition) is 2. The van der Waals surface area contributed by atoms with Gasteiger partial charge in [0.15, 0.2) is 0 Å². The van der Waals surface area contributed by atoms with E-state index in [-0.39, 0.29) is 17.7 Å². The highest BCUT2D eigenvalue weighted by atomic mass is 16.5. The molecule has 1 aliphatic heterocycles. The summed E-state index contributed by atoms with van der Waals surface area (Å²) in [6.45, 7) is 4.13. The number of carbonyl (C=O) groups is 1. The second-order valence-corrected chi connectivity index (χ2v) is 7.11. The van der Waals surface area contributed by atoms with E-state index in [0.717, 1.165) is 30.6 Å². The molecule has 4 nitrogen and oxygen atoms in total.